The first-order valence-corrected chi connectivity index (χ1v) is 20.1. The average molecular weight is 673 g/mol. The fourth-order valence-electron chi connectivity index (χ4n) is 5.92. The molecular weight excluding hydrogens is 600 g/mol. The van der Waals surface area contributed by atoms with Gasteiger partial charge in [-0.25, -0.2) is 0 Å². The zero-order chi connectivity index (χ0) is 34.1. The molecule has 0 aromatic rings. The van der Waals surface area contributed by atoms with Gasteiger partial charge in [-0.1, -0.05) is 130 Å². The number of rotatable bonds is 34. The minimum absolute atomic E-state index is 0.0325. The van der Waals surface area contributed by atoms with Crippen LogP contribution in [0.3, 0.4) is 0 Å². The topological polar surface area (TPSA) is 78.9 Å². The van der Waals surface area contributed by atoms with Crippen molar-refractivity contribution >= 4 is 29.5 Å². The maximum Gasteiger partial charge on any atom is 0.321 e. The van der Waals surface area contributed by atoms with Gasteiger partial charge in [-0.2, -0.15) is 0 Å². The maximum absolute atomic E-state index is 12.3. The molecular formula is C39H73ClO6. The van der Waals surface area contributed by atoms with Crippen LogP contribution in [-0.4, -0.2) is 42.1 Å². The molecule has 0 aromatic carbocycles. The van der Waals surface area contributed by atoms with Gasteiger partial charge in [0.25, 0.3) is 0 Å². The summed E-state index contributed by atoms with van der Waals surface area (Å²) in [5.41, 5.74) is 0. The van der Waals surface area contributed by atoms with E-state index in [9.17, 15) is 14.4 Å². The number of ether oxygens (including phenoxy) is 3. The summed E-state index contributed by atoms with van der Waals surface area (Å²) in [6, 6.07) is 0. The van der Waals surface area contributed by atoms with Gasteiger partial charge in [-0.15, -0.1) is 11.6 Å². The predicted molar refractivity (Wildman–Crippen MR) is 192 cm³/mol. The lowest BCUT2D eigenvalue weighted by Crippen LogP contribution is -2.19. The van der Waals surface area contributed by atoms with Crippen LogP contribution in [-0.2, 0) is 28.6 Å². The molecule has 0 aliphatic heterocycles. The second-order valence-corrected chi connectivity index (χ2v) is 13.6. The summed E-state index contributed by atoms with van der Waals surface area (Å²) >= 11 is 5.71. The lowest BCUT2D eigenvalue weighted by atomic mass is 10.0. The highest BCUT2D eigenvalue weighted by Gasteiger charge is 2.16. The number of alkyl halides is 1. The van der Waals surface area contributed by atoms with E-state index in [0.29, 0.717) is 12.8 Å². The molecule has 0 saturated carbocycles. The Kier molecular flexibility index (Phi) is 32.6. The Labute approximate surface area is 289 Å². The van der Waals surface area contributed by atoms with Gasteiger partial charge < -0.3 is 14.2 Å². The Morgan fingerprint density at radius 1 is 0.391 bits per heavy atom. The van der Waals surface area contributed by atoms with E-state index in [1.54, 1.807) is 0 Å². The molecule has 7 heteroatoms. The largest absolute Gasteiger partial charge is 0.462 e. The van der Waals surface area contributed by atoms with Crippen LogP contribution >= 0.6 is 11.6 Å². The van der Waals surface area contributed by atoms with Crippen molar-refractivity contribution in [3.05, 3.63) is 0 Å². The van der Waals surface area contributed by atoms with Crippen LogP contribution in [0.25, 0.3) is 0 Å². The van der Waals surface area contributed by atoms with Crippen LogP contribution in [0.15, 0.2) is 0 Å². The van der Waals surface area contributed by atoms with Crippen molar-refractivity contribution < 1.29 is 28.6 Å². The van der Waals surface area contributed by atoms with E-state index in [0.717, 1.165) is 167 Å². The van der Waals surface area contributed by atoms with Crippen LogP contribution in [0, 0.1) is 0 Å². The van der Waals surface area contributed by atoms with E-state index in [4.69, 9.17) is 25.8 Å². The summed E-state index contributed by atoms with van der Waals surface area (Å²) < 4.78 is 17.2. The van der Waals surface area contributed by atoms with E-state index in [2.05, 4.69) is 27.7 Å². The third-order valence-electron chi connectivity index (χ3n) is 8.84. The van der Waals surface area contributed by atoms with Crippen molar-refractivity contribution in [2.75, 3.05) is 5.88 Å². The van der Waals surface area contributed by atoms with Gasteiger partial charge in [0.2, 0.25) is 0 Å². The van der Waals surface area contributed by atoms with Crippen molar-refractivity contribution in [1.29, 1.82) is 0 Å². The molecule has 0 bridgehead atoms. The fourth-order valence-corrected chi connectivity index (χ4v) is 5.98. The van der Waals surface area contributed by atoms with E-state index in [1.165, 1.54) is 0 Å². The summed E-state index contributed by atoms with van der Waals surface area (Å²) in [6.45, 7) is 8.71. The lowest BCUT2D eigenvalue weighted by molar-refractivity contribution is -0.151. The maximum atomic E-state index is 12.3. The molecule has 0 atom stereocenters. The molecule has 0 aromatic heterocycles. The molecule has 0 saturated heterocycles. The molecule has 0 rings (SSSR count). The fraction of sp³-hybridized carbons (Fsp3) is 0.923. The third kappa shape index (κ3) is 28.9. The van der Waals surface area contributed by atoms with Gasteiger partial charge >= 0.3 is 17.9 Å². The van der Waals surface area contributed by atoms with Gasteiger partial charge in [-0.3, -0.25) is 14.4 Å². The average Bonchev–Trinajstić information content (AvgIpc) is 3.05. The molecule has 0 aliphatic rings. The molecule has 0 unspecified atom stereocenters. The molecule has 6 nitrogen and oxygen atoms in total. The Balaban J connectivity index is 4.04. The first-order chi connectivity index (χ1) is 22.4. The number of hydrogen-bond donors (Lipinski definition) is 0. The Morgan fingerprint density at radius 3 is 0.957 bits per heavy atom. The quantitative estimate of drug-likeness (QED) is 0.0293. The van der Waals surface area contributed by atoms with E-state index < -0.39 is 0 Å². The zero-order valence-corrected chi connectivity index (χ0v) is 31.3. The molecule has 46 heavy (non-hydrogen) atoms. The normalized spacial score (nSPS) is 11.5. The van der Waals surface area contributed by atoms with Crippen molar-refractivity contribution in [2.45, 2.75) is 226 Å². The summed E-state index contributed by atoms with van der Waals surface area (Å²) in [7, 11) is 0. The first kappa shape index (κ1) is 44.7. The Morgan fingerprint density at radius 2 is 0.652 bits per heavy atom. The van der Waals surface area contributed by atoms with Gasteiger partial charge in [0.15, 0.2) is 0 Å². The lowest BCUT2D eigenvalue weighted by Gasteiger charge is -2.18. The Bertz CT molecular complexity index is 649. The molecule has 272 valence electrons. The van der Waals surface area contributed by atoms with Crippen molar-refractivity contribution in [3.63, 3.8) is 0 Å². The van der Waals surface area contributed by atoms with Crippen LogP contribution < -0.4 is 0 Å². The summed E-state index contributed by atoms with van der Waals surface area (Å²) in [5, 5.41) is 0. The number of hydrogen-bond acceptors (Lipinski definition) is 6. The molecule has 0 heterocycles. The van der Waals surface area contributed by atoms with Crippen molar-refractivity contribution in [3.8, 4) is 0 Å². The number of halogens is 1. The van der Waals surface area contributed by atoms with E-state index >= 15 is 0 Å². The smallest absolute Gasteiger partial charge is 0.321 e. The highest BCUT2D eigenvalue weighted by molar-refractivity contribution is 6.26. The van der Waals surface area contributed by atoms with E-state index in [1.807, 2.05) is 0 Å². The van der Waals surface area contributed by atoms with Crippen molar-refractivity contribution in [2.24, 2.45) is 0 Å². The highest BCUT2D eigenvalue weighted by atomic mass is 35.5. The third-order valence-corrected chi connectivity index (χ3v) is 9.05. The minimum atomic E-state index is -0.330. The summed E-state index contributed by atoms with van der Waals surface area (Å²) in [4.78, 5) is 36.5. The number of carbonyl (C=O) groups is 3. The monoisotopic (exact) mass is 673 g/mol. The molecule has 0 radical (unpaired) electrons. The summed E-state index contributed by atoms with van der Waals surface area (Å²) in [5.74, 6) is -0.495. The second-order valence-electron chi connectivity index (χ2n) is 13.4. The van der Waals surface area contributed by atoms with Gasteiger partial charge in [0.1, 0.15) is 24.2 Å². The standard InChI is InChI=1S/C39H73ClO6/c1-5-9-25-34(26-10-6-2)44-37(41)31-23-19-15-13-17-21-29-36(46-39(43)33-40)30-22-18-14-16-20-24-32-38(42)45-35(27-11-7-3)28-12-8-4/h34-36H,5-33H2,1-4H3. The SMILES string of the molecule is CCCCC(CCCC)OC(=O)CCCCCCCCC(CCCCCCCCC(=O)OC(CCCC)CCCC)OC(=O)CCl. The predicted octanol–water partition coefficient (Wildman–Crippen LogP) is 12.0. The van der Waals surface area contributed by atoms with Crippen LogP contribution in [0.2, 0.25) is 0 Å². The van der Waals surface area contributed by atoms with E-state index in [-0.39, 0.29) is 42.1 Å². The van der Waals surface area contributed by atoms with Crippen LogP contribution in [0.4, 0.5) is 0 Å². The highest BCUT2D eigenvalue weighted by Crippen LogP contribution is 2.19. The number of carbonyl (C=O) groups excluding carboxylic acids is 3. The molecule has 0 fully saturated rings. The molecule has 0 aliphatic carbocycles. The van der Waals surface area contributed by atoms with Gasteiger partial charge in [-0.05, 0) is 64.2 Å². The minimum Gasteiger partial charge on any atom is -0.462 e. The van der Waals surface area contributed by atoms with Gasteiger partial charge in [0, 0.05) is 12.8 Å². The van der Waals surface area contributed by atoms with Gasteiger partial charge in [0.05, 0.1) is 0 Å². The summed E-state index contributed by atoms with van der Waals surface area (Å²) in [6.07, 6.45) is 28.6. The molecule has 0 spiro atoms. The Hall–Kier alpha value is -1.30. The number of esters is 3. The number of unbranched alkanes of at least 4 members (excludes halogenated alkanes) is 14. The molecule has 0 N–H and O–H groups in total. The van der Waals surface area contributed by atoms with Crippen molar-refractivity contribution in [1.82, 2.24) is 0 Å². The molecule has 0 amide bonds. The zero-order valence-electron chi connectivity index (χ0n) is 30.6. The second kappa shape index (κ2) is 33.6. The first-order valence-electron chi connectivity index (χ1n) is 19.5. The van der Waals surface area contributed by atoms with Crippen LogP contribution in [0.1, 0.15) is 207 Å². The van der Waals surface area contributed by atoms with Crippen LogP contribution in [0.5, 0.6) is 0 Å².